The first-order chi connectivity index (χ1) is 19.0. The van der Waals surface area contributed by atoms with Gasteiger partial charge in [-0.1, -0.05) is 85.6 Å². The third-order valence-electron chi connectivity index (χ3n) is 6.89. The number of amides is 2. The number of hydrogen-bond donors (Lipinski definition) is 1. The molecule has 7 nitrogen and oxygen atoms in total. The number of halogens is 1. The lowest BCUT2D eigenvalue weighted by molar-refractivity contribution is -0.140. The van der Waals surface area contributed by atoms with Crippen LogP contribution in [0.25, 0.3) is 0 Å². The summed E-state index contributed by atoms with van der Waals surface area (Å²) < 4.78 is 27.0. The zero-order valence-corrected chi connectivity index (χ0v) is 25.1. The van der Waals surface area contributed by atoms with Crippen LogP contribution in [-0.4, -0.2) is 50.5 Å². The highest BCUT2D eigenvalue weighted by Gasteiger charge is 2.33. The number of aryl methyl sites for hydroxylation is 1. The number of hydrogen-bond acceptors (Lipinski definition) is 4. The first-order valence-electron chi connectivity index (χ1n) is 13.4. The molecule has 9 heteroatoms. The zero-order valence-electron chi connectivity index (χ0n) is 23.6. The Morgan fingerprint density at radius 2 is 1.62 bits per heavy atom. The molecule has 0 aliphatic rings. The Morgan fingerprint density at radius 1 is 0.950 bits per heavy atom. The van der Waals surface area contributed by atoms with Gasteiger partial charge in [-0.3, -0.25) is 13.9 Å². The first-order valence-corrected chi connectivity index (χ1v) is 15.6. The van der Waals surface area contributed by atoms with E-state index in [4.69, 9.17) is 11.6 Å². The van der Waals surface area contributed by atoms with Crippen molar-refractivity contribution in [2.24, 2.45) is 0 Å². The first kappa shape index (κ1) is 31.2. The van der Waals surface area contributed by atoms with Gasteiger partial charge in [-0.25, -0.2) is 8.42 Å². The second-order valence-electron chi connectivity index (χ2n) is 9.95. The highest BCUT2D eigenvalue weighted by atomic mass is 35.5. The molecule has 0 fully saturated rings. The molecule has 0 bridgehead atoms. The molecule has 214 valence electrons. The minimum absolute atomic E-state index is 0.149. The molecule has 0 heterocycles. The maximum Gasteiger partial charge on any atom is 0.244 e. The summed E-state index contributed by atoms with van der Waals surface area (Å²) in [6.07, 6.45) is 3.07. The van der Waals surface area contributed by atoms with Gasteiger partial charge in [0.2, 0.25) is 21.8 Å². The van der Waals surface area contributed by atoms with Crippen molar-refractivity contribution in [1.29, 1.82) is 0 Å². The van der Waals surface area contributed by atoms with Crippen molar-refractivity contribution in [3.8, 4) is 0 Å². The van der Waals surface area contributed by atoms with Crippen LogP contribution < -0.4 is 9.62 Å². The van der Waals surface area contributed by atoms with Crippen molar-refractivity contribution < 1.29 is 18.0 Å². The van der Waals surface area contributed by atoms with Gasteiger partial charge in [0, 0.05) is 24.5 Å². The molecule has 2 amide bonds. The standard InChI is InChI=1S/C31H38ClN3O4S/c1-5-6-19-33-31(37)29(20-25-14-8-7-9-15-25)34(21-26-16-11-10-13-23(26)2)30(36)22-35(40(4,38)39)28-18-12-17-27(32)24(28)3/h7-18,29H,5-6,19-22H2,1-4H3,(H,33,37)/t29-/m0/s1. The zero-order chi connectivity index (χ0) is 29.3. The van der Waals surface area contributed by atoms with E-state index in [9.17, 15) is 18.0 Å². The molecular formula is C31H38ClN3O4S. The van der Waals surface area contributed by atoms with Crippen molar-refractivity contribution >= 4 is 39.1 Å². The fourth-order valence-corrected chi connectivity index (χ4v) is 5.56. The van der Waals surface area contributed by atoms with E-state index in [0.29, 0.717) is 22.8 Å². The molecule has 0 aliphatic carbocycles. The Bertz CT molecular complexity index is 1410. The van der Waals surface area contributed by atoms with Gasteiger partial charge in [-0.05, 0) is 54.7 Å². The lowest BCUT2D eigenvalue weighted by Crippen LogP contribution is -2.53. The monoisotopic (exact) mass is 583 g/mol. The van der Waals surface area contributed by atoms with Crippen LogP contribution in [0.5, 0.6) is 0 Å². The molecule has 0 saturated heterocycles. The van der Waals surface area contributed by atoms with E-state index in [-0.39, 0.29) is 18.9 Å². The van der Waals surface area contributed by atoms with Gasteiger partial charge in [0.25, 0.3) is 0 Å². The molecule has 3 aromatic rings. The summed E-state index contributed by atoms with van der Waals surface area (Å²) in [7, 11) is -3.86. The predicted molar refractivity (Wildman–Crippen MR) is 162 cm³/mol. The molecule has 0 radical (unpaired) electrons. The van der Waals surface area contributed by atoms with Gasteiger partial charge >= 0.3 is 0 Å². The fraction of sp³-hybridized carbons (Fsp3) is 0.355. The van der Waals surface area contributed by atoms with Gasteiger partial charge in [0.1, 0.15) is 12.6 Å². The maximum absolute atomic E-state index is 14.2. The predicted octanol–water partition coefficient (Wildman–Crippen LogP) is 5.28. The van der Waals surface area contributed by atoms with E-state index in [1.807, 2.05) is 68.4 Å². The summed E-state index contributed by atoms with van der Waals surface area (Å²) in [6, 6.07) is 21.3. The molecule has 1 N–H and O–H groups in total. The smallest absolute Gasteiger partial charge is 0.244 e. The number of nitrogens with zero attached hydrogens (tertiary/aromatic N) is 2. The molecule has 40 heavy (non-hydrogen) atoms. The van der Waals surface area contributed by atoms with Crippen LogP contribution >= 0.6 is 11.6 Å². The van der Waals surface area contributed by atoms with Gasteiger partial charge < -0.3 is 10.2 Å². The van der Waals surface area contributed by atoms with Gasteiger partial charge in [0.15, 0.2) is 0 Å². The Labute approximate surface area is 243 Å². The summed E-state index contributed by atoms with van der Waals surface area (Å²) in [5.41, 5.74) is 3.61. The number of rotatable bonds is 13. The van der Waals surface area contributed by atoms with Crippen LogP contribution in [0.3, 0.4) is 0 Å². The van der Waals surface area contributed by atoms with E-state index >= 15 is 0 Å². The molecule has 0 saturated carbocycles. The maximum atomic E-state index is 14.2. The van der Waals surface area contributed by atoms with E-state index in [1.54, 1.807) is 25.1 Å². The second kappa shape index (κ2) is 14.3. The van der Waals surface area contributed by atoms with E-state index < -0.39 is 28.5 Å². The van der Waals surface area contributed by atoms with E-state index in [0.717, 1.165) is 40.1 Å². The van der Waals surface area contributed by atoms with Crippen molar-refractivity contribution in [2.75, 3.05) is 23.7 Å². The SMILES string of the molecule is CCCCNC(=O)[C@H](Cc1ccccc1)N(Cc1ccccc1C)C(=O)CN(c1cccc(Cl)c1C)S(C)(=O)=O. The highest BCUT2D eigenvalue weighted by molar-refractivity contribution is 7.92. The Hall–Kier alpha value is -3.36. The average Bonchev–Trinajstić information content (AvgIpc) is 2.92. The molecular weight excluding hydrogens is 546 g/mol. The molecule has 1 atom stereocenters. The minimum atomic E-state index is -3.86. The molecule has 3 aromatic carbocycles. The van der Waals surface area contributed by atoms with Crippen LogP contribution in [0.15, 0.2) is 72.8 Å². The Morgan fingerprint density at radius 3 is 2.27 bits per heavy atom. The second-order valence-corrected chi connectivity index (χ2v) is 12.3. The number of benzene rings is 3. The summed E-state index contributed by atoms with van der Waals surface area (Å²) in [6.45, 7) is 5.87. The minimum Gasteiger partial charge on any atom is -0.354 e. The van der Waals surface area contributed by atoms with Crippen LogP contribution in [0.1, 0.15) is 42.0 Å². The molecule has 0 aliphatic heterocycles. The third-order valence-corrected chi connectivity index (χ3v) is 8.43. The quantitative estimate of drug-likeness (QED) is 0.277. The van der Waals surface area contributed by atoms with Gasteiger partial charge in [-0.15, -0.1) is 0 Å². The van der Waals surface area contributed by atoms with Crippen LogP contribution in [0.4, 0.5) is 5.69 Å². The summed E-state index contributed by atoms with van der Waals surface area (Å²) in [5, 5.41) is 3.39. The highest BCUT2D eigenvalue weighted by Crippen LogP contribution is 2.28. The number of carbonyl (C=O) groups is 2. The lowest BCUT2D eigenvalue weighted by atomic mass is 10.0. The summed E-state index contributed by atoms with van der Waals surface area (Å²) in [4.78, 5) is 29.3. The Kier molecular flexibility index (Phi) is 11.2. The summed E-state index contributed by atoms with van der Waals surface area (Å²) >= 11 is 6.30. The van der Waals surface area contributed by atoms with Crippen LogP contribution in [-0.2, 0) is 32.6 Å². The molecule has 3 rings (SSSR count). The van der Waals surface area contributed by atoms with Crippen molar-refractivity contribution in [3.63, 3.8) is 0 Å². The van der Waals surface area contributed by atoms with E-state index in [1.165, 1.54) is 4.90 Å². The van der Waals surface area contributed by atoms with Crippen molar-refractivity contribution in [1.82, 2.24) is 10.2 Å². The third kappa shape index (κ3) is 8.32. The molecule has 0 spiro atoms. The number of sulfonamides is 1. The molecule has 0 aromatic heterocycles. The van der Waals surface area contributed by atoms with Crippen LogP contribution in [0.2, 0.25) is 5.02 Å². The largest absolute Gasteiger partial charge is 0.354 e. The van der Waals surface area contributed by atoms with Crippen molar-refractivity contribution in [3.05, 3.63) is 100 Å². The van der Waals surface area contributed by atoms with Crippen LogP contribution in [0, 0.1) is 13.8 Å². The van der Waals surface area contributed by atoms with Gasteiger partial charge in [0.05, 0.1) is 11.9 Å². The Balaban J connectivity index is 2.07. The average molecular weight is 584 g/mol. The number of anilines is 1. The van der Waals surface area contributed by atoms with E-state index in [2.05, 4.69) is 5.32 Å². The normalized spacial score (nSPS) is 12.0. The number of unbranched alkanes of at least 4 members (excludes halogenated alkanes) is 1. The number of carbonyl (C=O) groups excluding carboxylic acids is 2. The summed E-state index contributed by atoms with van der Waals surface area (Å²) in [5.74, 6) is -0.760. The fourth-order valence-electron chi connectivity index (χ4n) is 4.49. The number of nitrogens with one attached hydrogen (secondary N) is 1. The van der Waals surface area contributed by atoms with Gasteiger partial charge in [-0.2, -0.15) is 0 Å². The lowest BCUT2D eigenvalue weighted by Gasteiger charge is -2.34. The topological polar surface area (TPSA) is 86.8 Å². The molecule has 0 unspecified atom stereocenters. The van der Waals surface area contributed by atoms with Crippen molar-refractivity contribution in [2.45, 2.75) is 52.6 Å².